The summed E-state index contributed by atoms with van der Waals surface area (Å²) in [5.41, 5.74) is 6.46. The average Bonchev–Trinajstić information content (AvgIpc) is 3.40. The number of methoxy groups -OCH3 is 1. The van der Waals surface area contributed by atoms with E-state index in [2.05, 4.69) is 61.3 Å². The average molecular weight is 492 g/mol. The van der Waals surface area contributed by atoms with Crippen molar-refractivity contribution in [2.24, 2.45) is 7.05 Å². The Bertz CT molecular complexity index is 1500. The van der Waals surface area contributed by atoms with Crippen molar-refractivity contribution in [2.45, 2.75) is 6.54 Å². The third kappa shape index (κ3) is 4.88. The van der Waals surface area contributed by atoms with Crippen LogP contribution in [0.3, 0.4) is 0 Å². The van der Waals surface area contributed by atoms with E-state index in [1.54, 1.807) is 13.4 Å². The van der Waals surface area contributed by atoms with E-state index < -0.39 is 0 Å². The Kier molecular flexibility index (Phi) is 6.24. The lowest BCUT2D eigenvalue weighted by Gasteiger charge is -2.35. The molecular formula is C29H29N7O. The Labute approximate surface area is 216 Å². The van der Waals surface area contributed by atoms with Crippen LogP contribution in [0.1, 0.15) is 5.56 Å². The predicted molar refractivity (Wildman–Crippen MR) is 145 cm³/mol. The van der Waals surface area contributed by atoms with Crippen molar-refractivity contribution in [3.63, 3.8) is 0 Å². The molecule has 5 aromatic rings. The molecular weight excluding hydrogens is 462 g/mol. The van der Waals surface area contributed by atoms with Crippen LogP contribution in [0.15, 0.2) is 79.6 Å². The summed E-state index contributed by atoms with van der Waals surface area (Å²) < 4.78 is 7.08. The van der Waals surface area contributed by atoms with Gasteiger partial charge in [0.25, 0.3) is 0 Å². The highest BCUT2D eigenvalue weighted by molar-refractivity contribution is 5.97. The van der Waals surface area contributed by atoms with Crippen LogP contribution in [-0.4, -0.2) is 62.9 Å². The maximum absolute atomic E-state index is 5.27. The number of piperazine rings is 1. The molecule has 0 unspecified atom stereocenters. The number of benzene rings is 2. The van der Waals surface area contributed by atoms with Crippen LogP contribution in [0.5, 0.6) is 5.75 Å². The molecule has 6 rings (SSSR count). The van der Waals surface area contributed by atoms with Gasteiger partial charge in [0.2, 0.25) is 0 Å². The van der Waals surface area contributed by atoms with Gasteiger partial charge in [0, 0.05) is 74.9 Å². The maximum Gasteiger partial charge on any atom is 0.128 e. The molecule has 1 aliphatic rings. The van der Waals surface area contributed by atoms with Crippen molar-refractivity contribution in [2.75, 3.05) is 38.2 Å². The molecule has 37 heavy (non-hydrogen) atoms. The molecule has 0 saturated carbocycles. The third-order valence-electron chi connectivity index (χ3n) is 6.98. The molecule has 3 aromatic heterocycles. The zero-order valence-electron chi connectivity index (χ0n) is 21.1. The Morgan fingerprint density at radius 1 is 0.838 bits per heavy atom. The summed E-state index contributed by atoms with van der Waals surface area (Å²) in [4.78, 5) is 18.5. The molecule has 0 bridgehead atoms. The maximum atomic E-state index is 5.27. The number of nitrogens with zero attached hydrogens (tertiary/aromatic N) is 7. The fourth-order valence-corrected chi connectivity index (χ4v) is 4.92. The van der Waals surface area contributed by atoms with Gasteiger partial charge in [-0.2, -0.15) is 5.10 Å². The molecule has 0 aliphatic carbocycles. The summed E-state index contributed by atoms with van der Waals surface area (Å²) >= 11 is 0. The van der Waals surface area contributed by atoms with Crippen LogP contribution in [0.4, 0.5) is 5.82 Å². The highest BCUT2D eigenvalue weighted by Gasteiger charge is 2.19. The Hall–Kier alpha value is -4.30. The van der Waals surface area contributed by atoms with Gasteiger partial charge in [-0.25, -0.2) is 15.0 Å². The second-order valence-corrected chi connectivity index (χ2v) is 9.40. The second-order valence-electron chi connectivity index (χ2n) is 9.40. The van der Waals surface area contributed by atoms with E-state index in [-0.39, 0.29) is 0 Å². The fraction of sp³-hybridized carbons (Fsp3) is 0.241. The van der Waals surface area contributed by atoms with E-state index in [0.717, 1.165) is 77.4 Å². The number of ether oxygens (including phenoxy) is 1. The normalized spacial score (nSPS) is 14.3. The molecule has 0 spiro atoms. The first-order chi connectivity index (χ1) is 18.2. The monoisotopic (exact) mass is 491 g/mol. The SMILES string of the molecule is COc1ccc(CN2CCN(c3ccc(-c4cc(-c5cnn(C)c5)cc5ncncc45)cn3)CC2)cc1. The third-order valence-corrected chi connectivity index (χ3v) is 6.98. The topological polar surface area (TPSA) is 72.2 Å². The van der Waals surface area contributed by atoms with Crippen LogP contribution in [0, 0.1) is 0 Å². The van der Waals surface area contributed by atoms with Crippen LogP contribution in [-0.2, 0) is 13.6 Å². The van der Waals surface area contributed by atoms with Gasteiger partial charge in [-0.3, -0.25) is 9.58 Å². The molecule has 0 radical (unpaired) electrons. The quantitative estimate of drug-likeness (QED) is 0.348. The fourth-order valence-electron chi connectivity index (χ4n) is 4.92. The molecule has 4 heterocycles. The van der Waals surface area contributed by atoms with E-state index in [0.29, 0.717) is 0 Å². The van der Waals surface area contributed by atoms with E-state index in [4.69, 9.17) is 9.72 Å². The summed E-state index contributed by atoms with van der Waals surface area (Å²) in [6, 6.07) is 16.9. The van der Waals surface area contributed by atoms with Gasteiger partial charge in [-0.1, -0.05) is 12.1 Å². The van der Waals surface area contributed by atoms with Crippen molar-refractivity contribution >= 4 is 16.7 Å². The predicted octanol–water partition coefficient (Wildman–Crippen LogP) is 4.42. The van der Waals surface area contributed by atoms with E-state index in [1.165, 1.54) is 5.56 Å². The van der Waals surface area contributed by atoms with Gasteiger partial charge in [0.15, 0.2) is 0 Å². The van der Waals surface area contributed by atoms with Gasteiger partial charge in [0.1, 0.15) is 17.9 Å². The Balaban J connectivity index is 1.18. The second kappa shape index (κ2) is 9.99. The van der Waals surface area contributed by atoms with Gasteiger partial charge >= 0.3 is 0 Å². The van der Waals surface area contributed by atoms with Gasteiger partial charge in [0.05, 0.1) is 18.8 Å². The molecule has 1 saturated heterocycles. The van der Waals surface area contributed by atoms with Crippen molar-refractivity contribution in [1.29, 1.82) is 0 Å². The van der Waals surface area contributed by atoms with Gasteiger partial charge in [-0.05, 0) is 53.1 Å². The number of rotatable bonds is 6. The molecule has 1 fully saturated rings. The highest BCUT2D eigenvalue weighted by atomic mass is 16.5. The van der Waals surface area contributed by atoms with E-state index >= 15 is 0 Å². The van der Waals surface area contributed by atoms with Crippen molar-refractivity contribution in [1.82, 2.24) is 29.6 Å². The Morgan fingerprint density at radius 2 is 1.68 bits per heavy atom. The number of hydrogen-bond acceptors (Lipinski definition) is 7. The van der Waals surface area contributed by atoms with Gasteiger partial charge < -0.3 is 9.64 Å². The summed E-state index contributed by atoms with van der Waals surface area (Å²) in [6.45, 7) is 4.87. The highest BCUT2D eigenvalue weighted by Crippen LogP contribution is 2.33. The number of fused-ring (bicyclic) bond motifs is 1. The van der Waals surface area contributed by atoms with Gasteiger partial charge in [-0.15, -0.1) is 0 Å². The molecule has 0 atom stereocenters. The first kappa shape index (κ1) is 23.1. The largest absolute Gasteiger partial charge is 0.497 e. The molecule has 8 heteroatoms. The first-order valence-corrected chi connectivity index (χ1v) is 12.5. The zero-order valence-corrected chi connectivity index (χ0v) is 21.1. The van der Waals surface area contributed by atoms with E-state index in [1.807, 2.05) is 48.6 Å². The Morgan fingerprint density at radius 3 is 2.38 bits per heavy atom. The smallest absolute Gasteiger partial charge is 0.128 e. The number of hydrogen-bond donors (Lipinski definition) is 0. The minimum atomic E-state index is 0.896. The summed E-state index contributed by atoms with van der Waals surface area (Å²) in [6.07, 6.45) is 9.33. The van der Waals surface area contributed by atoms with Crippen molar-refractivity contribution in [3.05, 3.63) is 85.2 Å². The zero-order chi connectivity index (χ0) is 25.2. The summed E-state index contributed by atoms with van der Waals surface area (Å²) in [5, 5.41) is 5.34. The number of aromatic nitrogens is 5. The summed E-state index contributed by atoms with van der Waals surface area (Å²) in [5.74, 6) is 1.91. The lowest BCUT2D eigenvalue weighted by Crippen LogP contribution is -2.46. The number of aryl methyl sites for hydroxylation is 1. The van der Waals surface area contributed by atoms with Crippen LogP contribution in [0.2, 0.25) is 0 Å². The number of pyridine rings is 1. The van der Waals surface area contributed by atoms with Crippen LogP contribution in [0.25, 0.3) is 33.2 Å². The lowest BCUT2D eigenvalue weighted by molar-refractivity contribution is 0.249. The van der Waals surface area contributed by atoms with Crippen molar-refractivity contribution < 1.29 is 4.74 Å². The first-order valence-electron chi connectivity index (χ1n) is 12.5. The molecule has 8 nitrogen and oxygen atoms in total. The molecule has 0 N–H and O–H groups in total. The molecule has 186 valence electrons. The van der Waals surface area contributed by atoms with Crippen LogP contribution < -0.4 is 9.64 Å². The molecule has 2 aromatic carbocycles. The van der Waals surface area contributed by atoms with E-state index in [9.17, 15) is 0 Å². The standard InChI is InChI=1S/C29H29N7O/c1-34-19-24(16-33-34)23-13-26(27-17-30-20-32-28(27)14-23)22-5-8-29(31-15-22)36-11-9-35(10-12-36)18-21-3-6-25(37-2)7-4-21/h3-8,13-17,19-20H,9-12,18H2,1-2H3. The van der Waals surface area contributed by atoms with Crippen LogP contribution >= 0.6 is 0 Å². The minimum Gasteiger partial charge on any atom is -0.497 e. The molecule has 0 amide bonds. The molecule has 1 aliphatic heterocycles. The summed E-state index contributed by atoms with van der Waals surface area (Å²) in [7, 11) is 3.63. The minimum absolute atomic E-state index is 0.896. The van der Waals surface area contributed by atoms with Crippen molar-refractivity contribution in [3.8, 4) is 28.0 Å². The number of anilines is 1. The lowest BCUT2D eigenvalue weighted by atomic mass is 9.97.